The fourth-order valence-corrected chi connectivity index (χ4v) is 4.55. The first-order chi connectivity index (χ1) is 10.1. The number of rotatable bonds is 4. The number of carboxylic acid groups (broad SMARTS) is 1. The normalized spacial score (nSPS) is 30.0. The van der Waals surface area contributed by atoms with Crippen molar-refractivity contribution in [3.8, 4) is 0 Å². The molecule has 3 unspecified atom stereocenters. The van der Waals surface area contributed by atoms with Gasteiger partial charge in [0.05, 0.1) is 0 Å². The van der Waals surface area contributed by atoms with Crippen LogP contribution in [0.3, 0.4) is 0 Å². The Balaban J connectivity index is 1.98. The number of carboxylic acids is 1. The summed E-state index contributed by atoms with van der Waals surface area (Å²) in [5.74, 6) is 0.177. The van der Waals surface area contributed by atoms with Crippen molar-refractivity contribution >= 4 is 23.8 Å². The SMILES string of the molecule is CCSC1CCCC1NC(=O)N1CCCCCC1C(=O)O. The van der Waals surface area contributed by atoms with Gasteiger partial charge in [0.2, 0.25) is 0 Å². The van der Waals surface area contributed by atoms with E-state index in [1.54, 1.807) is 4.90 Å². The third kappa shape index (κ3) is 4.28. The zero-order valence-corrected chi connectivity index (χ0v) is 13.5. The van der Waals surface area contributed by atoms with Gasteiger partial charge in [0, 0.05) is 17.8 Å². The summed E-state index contributed by atoms with van der Waals surface area (Å²) in [5.41, 5.74) is 0. The van der Waals surface area contributed by atoms with E-state index in [2.05, 4.69) is 12.2 Å². The molecule has 5 nitrogen and oxygen atoms in total. The molecule has 21 heavy (non-hydrogen) atoms. The van der Waals surface area contributed by atoms with Crippen LogP contribution in [-0.2, 0) is 4.79 Å². The van der Waals surface area contributed by atoms with Gasteiger partial charge in [-0.05, 0) is 31.4 Å². The lowest BCUT2D eigenvalue weighted by atomic mass is 10.1. The van der Waals surface area contributed by atoms with Crippen LogP contribution >= 0.6 is 11.8 Å². The van der Waals surface area contributed by atoms with Crippen molar-refractivity contribution < 1.29 is 14.7 Å². The maximum Gasteiger partial charge on any atom is 0.326 e. The monoisotopic (exact) mass is 314 g/mol. The standard InChI is InChI=1S/C15H26N2O3S/c1-2-21-13-9-6-7-11(13)16-15(20)17-10-5-3-4-8-12(17)14(18)19/h11-13H,2-10H2,1H3,(H,16,20)(H,18,19). The van der Waals surface area contributed by atoms with E-state index < -0.39 is 12.0 Å². The average molecular weight is 314 g/mol. The fraction of sp³-hybridized carbons (Fsp3) is 0.867. The molecule has 1 aliphatic heterocycles. The van der Waals surface area contributed by atoms with Crippen molar-refractivity contribution in [2.75, 3.05) is 12.3 Å². The van der Waals surface area contributed by atoms with Crippen molar-refractivity contribution in [2.45, 2.75) is 69.2 Å². The summed E-state index contributed by atoms with van der Waals surface area (Å²) in [6.45, 7) is 2.69. The van der Waals surface area contributed by atoms with Crippen LogP contribution in [0.5, 0.6) is 0 Å². The molecule has 1 saturated carbocycles. The second-order valence-corrected chi connectivity index (χ2v) is 7.39. The first-order valence-electron chi connectivity index (χ1n) is 8.05. The van der Waals surface area contributed by atoms with E-state index in [1.807, 2.05) is 11.8 Å². The molecular formula is C15H26N2O3S. The zero-order chi connectivity index (χ0) is 15.2. The van der Waals surface area contributed by atoms with Crippen LogP contribution < -0.4 is 5.32 Å². The minimum absolute atomic E-state index is 0.182. The van der Waals surface area contributed by atoms with Crippen molar-refractivity contribution in [2.24, 2.45) is 0 Å². The number of carbonyl (C=O) groups is 2. The van der Waals surface area contributed by atoms with E-state index >= 15 is 0 Å². The number of likely N-dealkylation sites (tertiary alicyclic amines) is 1. The summed E-state index contributed by atoms with van der Waals surface area (Å²) in [5, 5.41) is 12.9. The van der Waals surface area contributed by atoms with E-state index in [9.17, 15) is 14.7 Å². The summed E-state index contributed by atoms with van der Waals surface area (Å²) in [7, 11) is 0. The van der Waals surface area contributed by atoms with E-state index in [1.165, 1.54) is 0 Å². The third-order valence-electron chi connectivity index (χ3n) is 4.44. The molecule has 0 aromatic rings. The second kappa shape index (κ2) is 7.92. The Bertz CT molecular complexity index is 378. The zero-order valence-electron chi connectivity index (χ0n) is 12.7. The Morgan fingerprint density at radius 3 is 2.71 bits per heavy atom. The molecule has 6 heteroatoms. The summed E-state index contributed by atoms with van der Waals surface area (Å²) in [6, 6.07) is -0.649. The van der Waals surface area contributed by atoms with Gasteiger partial charge in [-0.3, -0.25) is 0 Å². The van der Waals surface area contributed by atoms with Crippen LogP contribution in [0.4, 0.5) is 4.79 Å². The van der Waals surface area contributed by atoms with Crippen LogP contribution in [-0.4, -0.2) is 51.6 Å². The largest absolute Gasteiger partial charge is 0.480 e. The first kappa shape index (κ1) is 16.5. The van der Waals surface area contributed by atoms with Gasteiger partial charge in [-0.15, -0.1) is 0 Å². The summed E-state index contributed by atoms with van der Waals surface area (Å²) < 4.78 is 0. The first-order valence-corrected chi connectivity index (χ1v) is 9.10. The van der Waals surface area contributed by atoms with Gasteiger partial charge < -0.3 is 15.3 Å². The number of hydrogen-bond donors (Lipinski definition) is 2. The molecule has 2 N–H and O–H groups in total. The Kier molecular flexibility index (Phi) is 6.21. The predicted molar refractivity (Wildman–Crippen MR) is 84.7 cm³/mol. The van der Waals surface area contributed by atoms with Gasteiger partial charge >= 0.3 is 12.0 Å². The van der Waals surface area contributed by atoms with Gasteiger partial charge in [0.15, 0.2) is 0 Å². The molecule has 1 saturated heterocycles. The lowest BCUT2D eigenvalue weighted by Crippen LogP contribution is -2.52. The summed E-state index contributed by atoms with van der Waals surface area (Å²) in [4.78, 5) is 25.5. The van der Waals surface area contributed by atoms with Gasteiger partial charge in [-0.25, -0.2) is 9.59 Å². The summed E-state index contributed by atoms with van der Waals surface area (Å²) >= 11 is 1.90. The predicted octanol–water partition coefficient (Wildman–Crippen LogP) is 2.70. The number of urea groups is 1. The molecule has 2 fully saturated rings. The maximum atomic E-state index is 12.5. The smallest absolute Gasteiger partial charge is 0.326 e. The van der Waals surface area contributed by atoms with Crippen LogP contribution in [0, 0.1) is 0 Å². The Morgan fingerprint density at radius 1 is 1.19 bits per heavy atom. The van der Waals surface area contributed by atoms with E-state index in [0.29, 0.717) is 18.2 Å². The Hall–Kier alpha value is -0.910. The van der Waals surface area contributed by atoms with Crippen LogP contribution in [0.25, 0.3) is 0 Å². The number of nitrogens with zero attached hydrogens (tertiary/aromatic N) is 1. The number of carbonyl (C=O) groups excluding carboxylic acids is 1. The van der Waals surface area contributed by atoms with Crippen LogP contribution in [0.15, 0.2) is 0 Å². The van der Waals surface area contributed by atoms with Gasteiger partial charge in [0.1, 0.15) is 6.04 Å². The molecule has 2 aliphatic rings. The maximum absolute atomic E-state index is 12.5. The van der Waals surface area contributed by atoms with Crippen molar-refractivity contribution in [1.82, 2.24) is 10.2 Å². The van der Waals surface area contributed by atoms with Crippen molar-refractivity contribution in [3.05, 3.63) is 0 Å². The number of aliphatic carboxylic acids is 1. The third-order valence-corrected chi connectivity index (χ3v) is 5.77. The molecule has 120 valence electrons. The van der Waals surface area contributed by atoms with Gasteiger partial charge in [-0.1, -0.05) is 26.2 Å². The van der Waals surface area contributed by atoms with E-state index in [4.69, 9.17) is 0 Å². The van der Waals surface area contributed by atoms with E-state index in [0.717, 1.165) is 44.3 Å². The number of nitrogens with one attached hydrogen (secondary N) is 1. The average Bonchev–Trinajstić information content (AvgIpc) is 2.74. The molecule has 0 bridgehead atoms. The number of thioether (sulfide) groups is 1. The lowest BCUT2D eigenvalue weighted by molar-refractivity contribution is -0.142. The molecule has 0 aromatic heterocycles. The Labute approximate surface area is 130 Å². The highest BCUT2D eigenvalue weighted by Crippen LogP contribution is 2.30. The van der Waals surface area contributed by atoms with Crippen LogP contribution in [0.2, 0.25) is 0 Å². The molecule has 0 aromatic carbocycles. The quantitative estimate of drug-likeness (QED) is 0.837. The van der Waals surface area contributed by atoms with E-state index in [-0.39, 0.29) is 12.1 Å². The molecule has 2 amide bonds. The lowest BCUT2D eigenvalue weighted by Gasteiger charge is -2.30. The highest BCUT2D eigenvalue weighted by atomic mass is 32.2. The number of hydrogen-bond acceptors (Lipinski definition) is 3. The Morgan fingerprint density at radius 2 is 2.00 bits per heavy atom. The minimum Gasteiger partial charge on any atom is -0.480 e. The molecular weight excluding hydrogens is 288 g/mol. The number of amides is 2. The molecule has 2 rings (SSSR count). The molecule has 1 heterocycles. The molecule has 3 atom stereocenters. The second-order valence-electron chi connectivity index (χ2n) is 5.88. The molecule has 1 aliphatic carbocycles. The highest BCUT2D eigenvalue weighted by molar-refractivity contribution is 7.99. The van der Waals surface area contributed by atoms with Gasteiger partial charge in [-0.2, -0.15) is 11.8 Å². The minimum atomic E-state index is -0.877. The van der Waals surface area contributed by atoms with Gasteiger partial charge in [0.25, 0.3) is 0 Å². The van der Waals surface area contributed by atoms with Crippen LogP contribution in [0.1, 0.15) is 51.9 Å². The molecule has 0 spiro atoms. The summed E-state index contributed by atoms with van der Waals surface area (Å²) in [6.07, 6.45) is 6.66. The molecule has 0 radical (unpaired) electrons. The van der Waals surface area contributed by atoms with Crippen molar-refractivity contribution in [3.63, 3.8) is 0 Å². The topological polar surface area (TPSA) is 69.6 Å². The highest BCUT2D eigenvalue weighted by Gasteiger charge is 2.34. The van der Waals surface area contributed by atoms with Crippen molar-refractivity contribution in [1.29, 1.82) is 0 Å². The fourth-order valence-electron chi connectivity index (χ4n) is 3.35.